The van der Waals surface area contributed by atoms with E-state index in [4.69, 9.17) is 0 Å². The average molecular weight is 446 g/mol. The highest BCUT2D eigenvalue weighted by Crippen LogP contribution is 2.37. The third-order valence-electron chi connectivity index (χ3n) is 5.50. The quantitative estimate of drug-likeness (QED) is 0.504. The number of piperidine rings is 1. The minimum Gasteiger partial charge on any atom is -0.341 e. The highest BCUT2D eigenvalue weighted by molar-refractivity contribution is 8.00. The van der Waals surface area contributed by atoms with Crippen LogP contribution in [0.15, 0.2) is 95.9 Å². The van der Waals surface area contributed by atoms with Gasteiger partial charge in [0.05, 0.1) is 0 Å². The molecule has 3 aromatic rings. The molecule has 1 fully saturated rings. The monoisotopic (exact) mass is 445 g/mol. The van der Waals surface area contributed by atoms with E-state index in [-0.39, 0.29) is 23.2 Å². The lowest BCUT2D eigenvalue weighted by Crippen LogP contribution is -2.48. The smallest absolute Gasteiger partial charge is 0.319 e. The molecule has 0 aliphatic carbocycles. The maximum Gasteiger partial charge on any atom is 0.319 e. The molecule has 0 aromatic heterocycles. The Morgan fingerprint density at radius 3 is 2.00 bits per heavy atom. The van der Waals surface area contributed by atoms with Crippen LogP contribution in [0.25, 0.3) is 0 Å². The van der Waals surface area contributed by atoms with E-state index in [9.17, 15) is 9.59 Å². The normalized spacial score (nSPS) is 15.1. The van der Waals surface area contributed by atoms with Crippen LogP contribution in [0.4, 0.5) is 10.5 Å². The Hall–Kier alpha value is -3.25. The SMILES string of the molecule is O=C(Nc1ccccc1)NC1CCN(C(=O)C(Sc2ccccc2)c2ccccc2)CC1. The zero-order valence-corrected chi connectivity index (χ0v) is 18.6. The average Bonchev–Trinajstić information content (AvgIpc) is 2.84. The predicted octanol–water partition coefficient (Wildman–Crippen LogP) is 5.33. The summed E-state index contributed by atoms with van der Waals surface area (Å²) < 4.78 is 0. The first-order valence-electron chi connectivity index (χ1n) is 10.9. The van der Waals surface area contributed by atoms with Gasteiger partial charge in [0.1, 0.15) is 5.25 Å². The van der Waals surface area contributed by atoms with Gasteiger partial charge in [-0.1, -0.05) is 66.7 Å². The number of nitrogens with one attached hydrogen (secondary N) is 2. The summed E-state index contributed by atoms with van der Waals surface area (Å²) in [7, 11) is 0. The van der Waals surface area contributed by atoms with Crippen LogP contribution in [-0.4, -0.2) is 36.0 Å². The highest BCUT2D eigenvalue weighted by Gasteiger charge is 2.30. The van der Waals surface area contributed by atoms with Crippen LogP contribution in [0.2, 0.25) is 0 Å². The Labute approximate surface area is 193 Å². The summed E-state index contributed by atoms with van der Waals surface area (Å²) in [6, 6.07) is 29.2. The Morgan fingerprint density at radius 2 is 1.38 bits per heavy atom. The summed E-state index contributed by atoms with van der Waals surface area (Å²) in [6.07, 6.45) is 1.48. The van der Waals surface area contributed by atoms with Crippen LogP contribution >= 0.6 is 11.8 Å². The maximum absolute atomic E-state index is 13.5. The van der Waals surface area contributed by atoms with Gasteiger partial charge in [-0.25, -0.2) is 4.79 Å². The molecule has 5 nitrogen and oxygen atoms in total. The molecule has 2 N–H and O–H groups in total. The molecule has 164 valence electrons. The summed E-state index contributed by atoms with van der Waals surface area (Å²) >= 11 is 1.59. The number of likely N-dealkylation sites (tertiary alicyclic amines) is 1. The molecule has 6 heteroatoms. The number of hydrogen-bond acceptors (Lipinski definition) is 3. The van der Waals surface area contributed by atoms with Crippen LogP contribution in [-0.2, 0) is 4.79 Å². The Balaban J connectivity index is 1.35. The first-order chi connectivity index (χ1) is 15.7. The summed E-state index contributed by atoms with van der Waals surface area (Å²) in [5.74, 6) is 0.122. The van der Waals surface area contributed by atoms with Crippen molar-refractivity contribution in [2.75, 3.05) is 18.4 Å². The second-order valence-electron chi connectivity index (χ2n) is 7.79. The molecule has 1 atom stereocenters. The number of amides is 3. The molecule has 3 amide bonds. The van der Waals surface area contributed by atoms with Gasteiger partial charge in [0.2, 0.25) is 5.91 Å². The first kappa shape index (κ1) is 22.0. The highest BCUT2D eigenvalue weighted by atomic mass is 32.2. The zero-order valence-electron chi connectivity index (χ0n) is 17.8. The van der Waals surface area contributed by atoms with E-state index in [2.05, 4.69) is 10.6 Å². The molecule has 0 radical (unpaired) electrons. The molecule has 3 aromatic carbocycles. The van der Waals surface area contributed by atoms with E-state index in [1.807, 2.05) is 95.9 Å². The number of thioether (sulfide) groups is 1. The third kappa shape index (κ3) is 5.92. The van der Waals surface area contributed by atoms with Gasteiger partial charge in [-0.15, -0.1) is 11.8 Å². The van der Waals surface area contributed by atoms with Gasteiger partial charge in [0.25, 0.3) is 0 Å². The molecule has 1 aliphatic heterocycles. The van der Waals surface area contributed by atoms with E-state index < -0.39 is 0 Å². The summed E-state index contributed by atoms with van der Waals surface area (Å²) in [5.41, 5.74) is 1.77. The Morgan fingerprint density at radius 1 is 0.812 bits per heavy atom. The molecule has 32 heavy (non-hydrogen) atoms. The lowest BCUT2D eigenvalue weighted by Gasteiger charge is -2.34. The molecule has 1 aliphatic rings. The van der Waals surface area contributed by atoms with Crippen molar-refractivity contribution < 1.29 is 9.59 Å². The number of carbonyl (C=O) groups excluding carboxylic acids is 2. The summed E-state index contributed by atoms with van der Waals surface area (Å²) in [4.78, 5) is 28.8. The zero-order chi connectivity index (χ0) is 22.2. The standard InChI is InChI=1S/C26H27N3O2S/c30-25(24(20-10-4-1-5-11-20)32-23-14-8-3-9-15-23)29-18-16-22(17-19-29)28-26(31)27-21-12-6-2-7-13-21/h1-15,22,24H,16-19H2,(H2,27,28,31). The number of para-hydroxylation sites is 1. The Bertz CT molecular complexity index is 1010. The second kappa shape index (κ2) is 10.9. The van der Waals surface area contributed by atoms with Crippen LogP contribution < -0.4 is 10.6 Å². The van der Waals surface area contributed by atoms with Crippen LogP contribution in [0.3, 0.4) is 0 Å². The van der Waals surface area contributed by atoms with Crippen LogP contribution in [0, 0.1) is 0 Å². The molecule has 4 rings (SSSR count). The lowest BCUT2D eigenvalue weighted by atomic mass is 10.0. The minimum atomic E-state index is -0.288. The molecule has 1 unspecified atom stereocenters. The lowest BCUT2D eigenvalue weighted by molar-refractivity contribution is -0.131. The number of hydrogen-bond donors (Lipinski definition) is 2. The molecule has 0 saturated carbocycles. The van der Waals surface area contributed by atoms with E-state index in [0.717, 1.165) is 29.0 Å². The van der Waals surface area contributed by atoms with Gasteiger partial charge in [-0.05, 0) is 42.7 Å². The largest absolute Gasteiger partial charge is 0.341 e. The number of benzene rings is 3. The molecule has 0 spiro atoms. The second-order valence-corrected chi connectivity index (χ2v) is 8.96. The maximum atomic E-state index is 13.5. The van der Waals surface area contributed by atoms with Gasteiger partial charge < -0.3 is 15.5 Å². The minimum absolute atomic E-state index is 0.0553. The van der Waals surface area contributed by atoms with Crippen molar-refractivity contribution >= 4 is 29.4 Å². The van der Waals surface area contributed by atoms with Gasteiger partial charge in [0.15, 0.2) is 0 Å². The molecular formula is C26H27N3O2S. The predicted molar refractivity (Wildman–Crippen MR) is 130 cm³/mol. The van der Waals surface area contributed by atoms with Crippen molar-refractivity contribution in [3.05, 3.63) is 96.6 Å². The number of urea groups is 1. The van der Waals surface area contributed by atoms with Crippen LogP contribution in [0.5, 0.6) is 0 Å². The first-order valence-corrected chi connectivity index (χ1v) is 11.7. The van der Waals surface area contributed by atoms with Crippen molar-refractivity contribution in [1.82, 2.24) is 10.2 Å². The van der Waals surface area contributed by atoms with Crippen LogP contribution in [0.1, 0.15) is 23.7 Å². The fourth-order valence-electron chi connectivity index (χ4n) is 3.81. The Kier molecular flexibility index (Phi) is 7.46. The van der Waals surface area contributed by atoms with E-state index >= 15 is 0 Å². The van der Waals surface area contributed by atoms with Crippen molar-refractivity contribution in [2.24, 2.45) is 0 Å². The summed E-state index contributed by atoms with van der Waals surface area (Å²) in [5, 5.41) is 5.60. The van der Waals surface area contributed by atoms with Crippen molar-refractivity contribution in [3.8, 4) is 0 Å². The van der Waals surface area contributed by atoms with Crippen molar-refractivity contribution in [2.45, 2.75) is 29.0 Å². The summed E-state index contributed by atoms with van der Waals surface area (Å²) in [6.45, 7) is 1.27. The molecular weight excluding hydrogens is 418 g/mol. The number of rotatable bonds is 6. The molecule has 0 bridgehead atoms. The van der Waals surface area contributed by atoms with E-state index in [1.165, 1.54) is 0 Å². The third-order valence-corrected chi connectivity index (χ3v) is 6.75. The van der Waals surface area contributed by atoms with Gasteiger partial charge in [-0.3, -0.25) is 4.79 Å². The van der Waals surface area contributed by atoms with Gasteiger partial charge in [-0.2, -0.15) is 0 Å². The number of anilines is 1. The molecule has 1 heterocycles. The van der Waals surface area contributed by atoms with E-state index in [1.54, 1.807) is 11.8 Å². The van der Waals surface area contributed by atoms with E-state index in [0.29, 0.717) is 13.1 Å². The fraction of sp³-hybridized carbons (Fsp3) is 0.231. The topological polar surface area (TPSA) is 61.4 Å². The number of carbonyl (C=O) groups is 2. The van der Waals surface area contributed by atoms with Crippen molar-refractivity contribution in [3.63, 3.8) is 0 Å². The number of nitrogens with zero attached hydrogens (tertiary/aromatic N) is 1. The fourth-order valence-corrected chi connectivity index (χ4v) is 4.94. The van der Waals surface area contributed by atoms with Gasteiger partial charge in [0, 0.05) is 29.7 Å². The molecule has 1 saturated heterocycles. The van der Waals surface area contributed by atoms with Gasteiger partial charge >= 0.3 is 6.03 Å². The van der Waals surface area contributed by atoms with Crippen molar-refractivity contribution in [1.29, 1.82) is 0 Å².